The molecule has 5 rings (SSSR count). The van der Waals surface area contributed by atoms with Gasteiger partial charge in [0, 0.05) is 47.5 Å². The molecule has 2 aromatic carbocycles. The number of ether oxygens (including phenoxy) is 2. The van der Waals surface area contributed by atoms with Gasteiger partial charge in [-0.3, -0.25) is 14.9 Å². The summed E-state index contributed by atoms with van der Waals surface area (Å²) in [5.74, 6) is -2.53. The summed E-state index contributed by atoms with van der Waals surface area (Å²) in [6, 6.07) is 7.89. The van der Waals surface area contributed by atoms with Gasteiger partial charge in [-0.15, -0.1) is 0 Å². The van der Waals surface area contributed by atoms with Gasteiger partial charge in [-0.25, -0.2) is 18.4 Å². The van der Waals surface area contributed by atoms with Gasteiger partial charge < -0.3 is 24.7 Å². The first-order valence-electron chi connectivity index (χ1n) is 13.7. The second-order valence-corrected chi connectivity index (χ2v) is 10.9. The zero-order valence-corrected chi connectivity index (χ0v) is 24.1. The Labute approximate surface area is 250 Å². The topological polar surface area (TPSA) is 130 Å². The van der Waals surface area contributed by atoms with E-state index in [-0.39, 0.29) is 29.5 Å². The Kier molecular flexibility index (Phi) is 8.67. The maximum absolute atomic E-state index is 14.7. The molecule has 3 heterocycles. The van der Waals surface area contributed by atoms with E-state index >= 15 is 0 Å². The molecule has 226 valence electrons. The first-order chi connectivity index (χ1) is 20.6. The number of rotatable bonds is 3. The van der Waals surface area contributed by atoms with Gasteiger partial charge in [-0.1, -0.05) is 31.0 Å². The van der Waals surface area contributed by atoms with Gasteiger partial charge >= 0.3 is 12.2 Å². The lowest BCUT2D eigenvalue weighted by Crippen LogP contribution is -2.43. The number of anilines is 2. The summed E-state index contributed by atoms with van der Waals surface area (Å²) in [6.07, 6.45) is 0.0992. The van der Waals surface area contributed by atoms with E-state index in [1.165, 1.54) is 18.2 Å². The van der Waals surface area contributed by atoms with E-state index in [0.29, 0.717) is 41.8 Å². The Balaban J connectivity index is 1.52. The third-order valence-electron chi connectivity index (χ3n) is 7.76. The SMILES string of the molecule is COC(=O)Nc1ccc2c(c1)NC(=O)[C@H](C)CCCC(N1CC[C@H](c3c(F)ccc(Cl)c3F)OC1=O)c1cc-2c[nH]c1=O. The minimum Gasteiger partial charge on any atom is -0.453 e. The molecular weight excluding hydrogens is 586 g/mol. The number of pyridine rings is 1. The van der Waals surface area contributed by atoms with Crippen LogP contribution in [0.25, 0.3) is 11.1 Å². The van der Waals surface area contributed by atoms with Gasteiger partial charge in [0.15, 0.2) is 5.82 Å². The summed E-state index contributed by atoms with van der Waals surface area (Å²) >= 11 is 5.85. The molecule has 0 spiro atoms. The van der Waals surface area contributed by atoms with E-state index in [9.17, 15) is 28.0 Å². The predicted molar refractivity (Wildman–Crippen MR) is 155 cm³/mol. The number of nitrogens with one attached hydrogen (secondary N) is 3. The van der Waals surface area contributed by atoms with Gasteiger partial charge in [-0.2, -0.15) is 0 Å². The molecule has 13 heteroatoms. The lowest BCUT2D eigenvalue weighted by molar-refractivity contribution is -0.119. The van der Waals surface area contributed by atoms with Crippen molar-refractivity contribution in [1.82, 2.24) is 9.88 Å². The number of fused-ring (bicyclic) bond motifs is 4. The van der Waals surface area contributed by atoms with Crippen LogP contribution >= 0.6 is 11.6 Å². The van der Waals surface area contributed by atoms with Crippen LogP contribution < -0.4 is 16.2 Å². The van der Waals surface area contributed by atoms with E-state index in [2.05, 4.69) is 20.4 Å². The van der Waals surface area contributed by atoms with Crippen molar-refractivity contribution in [3.8, 4) is 11.1 Å². The molecule has 0 aliphatic carbocycles. The first-order valence-corrected chi connectivity index (χ1v) is 14.1. The zero-order valence-electron chi connectivity index (χ0n) is 23.3. The minimum absolute atomic E-state index is 0.0540. The maximum Gasteiger partial charge on any atom is 0.411 e. The summed E-state index contributed by atoms with van der Waals surface area (Å²) in [6.45, 7) is 1.82. The number of H-pyrrole nitrogens is 1. The quantitative estimate of drug-likeness (QED) is 0.288. The molecule has 3 atom stereocenters. The second kappa shape index (κ2) is 12.4. The number of amides is 3. The van der Waals surface area contributed by atoms with Gasteiger partial charge in [0.05, 0.1) is 29.4 Å². The molecule has 0 radical (unpaired) electrons. The Bertz CT molecular complexity index is 1650. The number of nitrogens with zero attached hydrogens (tertiary/aromatic N) is 1. The number of hydrogen-bond donors (Lipinski definition) is 3. The fourth-order valence-corrected chi connectivity index (χ4v) is 5.62. The number of cyclic esters (lactones) is 1. The lowest BCUT2D eigenvalue weighted by atomic mass is 9.92. The molecule has 3 N–H and O–H groups in total. The van der Waals surface area contributed by atoms with Crippen molar-refractivity contribution in [1.29, 1.82) is 0 Å². The van der Waals surface area contributed by atoms with Crippen molar-refractivity contribution < 1.29 is 32.6 Å². The molecule has 2 bridgehead atoms. The molecule has 3 amide bonds. The van der Waals surface area contributed by atoms with Crippen LogP contribution in [0.15, 0.2) is 47.4 Å². The third kappa shape index (κ3) is 6.19. The highest BCUT2D eigenvalue weighted by Crippen LogP contribution is 2.39. The average molecular weight is 615 g/mol. The van der Waals surface area contributed by atoms with Gasteiger partial charge in [0.1, 0.15) is 11.9 Å². The van der Waals surface area contributed by atoms with E-state index in [1.807, 2.05) is 0 Å². The van der Waals surface area contributed by atoms with Gasteiger partial charge in [-0.05, 0) is 43.2 Å². The highest BCUT2D eigenvalue weighted by atomic mass is 35.5. The van der Waals surface area contributed by atoms with E-state index < -0.39 is 53.0 Å². The number of hydrogen-bond acceptors (Lipinski definition) is 6. The van der Waals surface area contributed by atoms with Crippen LogP contribution in [0.1, 0.15) is 55.9 Å². The fourth-order valence-electron chi connectivity index (χ4n) is 5.45. The van der Waals surface area contributed by atoms with Crippen molar-refractivity contribution in [2.45, 2.75) is 44.8 Å². The normalized spacial score (nSPS) is 20.6. The van der Waals surface area contributed by atoms with E-state index in [1.54, 1.807) is 31.2 Å². The molecule has 1 fully saturated rings. The van der Waals surface area contributed by atoms with Crippen molar-refractivity contribution in [3.63, 3.8) is 0 Å². The number of methoxy groups -OCH3 is 1. The van der Waals surface area contributed by atoms with Crippen LogP contribution in [-0.2, 0) is 14.3 Å². The molecule has 1 aromatic heterocycles. The molecule has 2 aliphatic heterocycles. The van der Waals surface area contributed by atoms with Crippen LogP contribution in [0, 0.1) is 17.6 Å². The predicted octanol–water partition coefficient (Wildman–Crippen LogP) is 6.54. The molecule has 3 aromatic rings. The summed E-state index contributed by atoms with van der Waals surface area (Å²) in [7, 11) is 1.23. The maximum atomic E-state index is 14.7. The van der Waals surface area contributed by atoms with Crippen molar-refractivity contribution in [3.05, 3.63) is 80.7 Å². The lowest BCUT2D eigenvalue weighted by Gasteiger charge is -2.37. The van der Waals surface area contributed by atoms with Crippen LogP contribution in [0.5, 0.6) is 0 Å². The summed E-state index contributed by atoms with van der Waals surface area (Å²) in [4.78, 5) is 55.5. The average Bonchev–Trinajstić information content (AvgIpc) is 2.98. The molecule has 10 nitrogen and oxygen atoms in total. The van der Waals surface area contributed by atoms with Crippen LogP contribution in [0.3, 0.4) is 0 Å². The molecule has 1 unspecified atom stereocenters. The Morgan fingerprint density at radius 1 is 1.12 bits per heavy atom. The van der Waals surface area contributed by atoms with Crippen molar-refractivity contribution >= 4 is 41.1 Å². The number of aromatic amines is 1. The fraction of sp³-hybridized carbons (Fsp3) is 0.333. The van der Waals surface area contributed by atoms with Crippen molar-refractivity contribution in [2.24, 2.45) is 5.92 Å². The molecule has 1 saturated heterocycles. The molecule has 2 aliphatic rings. The number of aromatic nitrogens is 1. The highest BCUT2D eigenvalue weighted by Gasteiger charge is 2.37. The second-order valence-electron chi connectivity index (χ2n) is 10.5. The molecule has 43 heavy (non-hydrogen) atoms. The van der Waals surface area contributed by atoms with Crippen LogP contribution in [-0.4, -0.2) is 41.6 Å². The first kappa shape index (κ1) is 30.0. The molecule has 0 saturated carbocycles. The standard InChI is InChI=1S/C30H29ClF2N4O6/c1-15-4-3-5-23(37-11-10-24(43-30(37)41)25-21(32)9-8-20(31)26(25)33)19-12-16(14-34-28(19)39)18-7-6-17(35-29(40)42-2)13-22(18)36-27(15)38/h6-9,12-15,23-24H,3-5,10-11H2,1-2H3,(H,34,39)(H,35,40)(H,36,38)/t15-,23?,24-/m1/s1. The van der Waals surface area contributed by atoms with Crippen molar-refractivity contribution in [2.75, 3.05) is 24.3 Å². The van der Waals surface area contributed by atoms with Crippen LogP contribution in [0.2, 0.25) is 5.02 Å². The van der Waals surface area contributed by atoms with E-state index in [0.717, 1.165) is 12.1 Å². The number of carbonyl (C=O) groups is 3. The monoisotopic (exact) mass is 614 g/mol. The Morgan fingerprint density at radius 2 is 1.91 bits per heavy atom. The number of benzene rings is 2. The Hall–Kier alpha value is -4.45. The third-order valence-corrected chi connectivity index (χ3v) is 8.05. The molecular formula is C30H29ClF2N4O6. The Morgan fingerprint density at radius 3 is 2.65 bits per heavy atom. The number of halogens is 3. The summed E-state index contributed by atoms with van der Waals surface area (Å²) < 4.78 is 39.4. The highest BCUT2D eigenvalue weighted by molar-refractivity contribution is 6.30. The van der Waals surface area contributed by atoms with Crippen LogP contribution in [0.4, 0.5) is 29.7 Å². The van der Waals surface area contributed by atoms with Gasteiger partial charge in [0.25, 0.3) is 5.56 Å². The minimum atomic E-state index is -1.19. The van der Waals surface area contributed by atoms with Gasteiger partial charge in [0.2, 0.25) is 5.91 Å². The summed E-state index contributed by atoms with van der Waals surface area (Å²) in [5, 5.41) is 5.20. The largest absolute Gasteiger partial charge is 0.453 e. The number of carbonyl (C=O) groups excluding carboxylic acids is 3. The van der Waals surface area contributed by atoms with E-state index in [4.69, 9.17) is 16.3 Å². The zero-order chi connectivity index (χ0) is 30.8. The summed E-state index contributed by atoms with van der Waals surface area (Å²) in [5.41, 5.74) is 1.32. The smallest absolute Gasteiger partial charge is 0.411 e.